The normalized spacial score (nSPS) is 19.3. The van der Waals surface area contributed by atoms with Crippen molar-refractivity contribution in [1.29, 1.82) is 0 Å². The lowest BCUT2D eigenvalue weighted by molar-refractivity contribution is 0.292. The molecule has 2 fully saturated rings. The molecule has 0 spiro atoms. The summed E-state index contributed by atoms with van der Waals surface area (Å²) in [4.78, 5) is 6.97. The Balaban J connectivity index is 1.54. The predicted molar refractivity (Wildman–Crippen MR) is 77.8 cm³/mol. The third kappa shape index (κ3) is 2.09. The summed E-state index contributed by atoms with van der Waals surface area (Å²) >= 11 is 0. The van der Waals surface area contributed by atoms with Crippen LogP contribution in [0.5, 0.6) is 0 Å². The monoisotopic (exact) mass is 269 g/mol. The van der Waals surface area contributed by atoms with Gasteiger partial charge in [0, 0.05) is 30.3 Å². The molecule has 1 saturated carbocycles. The maximum Gasteiger partial charge on any atom is 0.230 e. The summed E-state index contributed by atoms with van der Waals surface area (Å²) in [6, 6.07) is 8.53. The molecular weight excluding hydrogens is 250 g/mol. The Hall–Kier alpha value is -1.84. The van der Waals surface area contributed by atoms with Crippen molar-refractivity contribution in [2.75, 3.05) is 18.0 Å². The summed E-state index contributed by atoms with van der Waals surface area (Å²) in [5.41, 5.74) is 2.34. The molecule has 1 aliphatic carbocycles. The van der Waals surface area contributed by atoms with Crippen LogP contribution >= 0.6 is 0 Å². The molecule has 2 aromatic rings. The van der Waals surface area contributed by atoms with Crippen LogP contribution in [0.2, 0.25) is 0 Å². The predicted octanol–water partition coefficient (Wildman–Crippen LogP) is 3.60. The van der Waals surface area contributed by atoms with Gasteiger partial charge in [0.1, 0.15) is 0 Å². The van der Waals surface area contributed by atoms with E-state index in [2.05, 4.69) is 39.3 Å². The van der Waals surface area contributed by atoms with E-state index >= 15 is 0 Å². The minimum Gasteiger partial charge on any atom is -0.372 e. The van der Waals surface area contributed by atoms with Crippen LogP contribution in [0.25, 0.3) is 11.4 Å². The number of nitrogens with zero attached hydrogens (tertiary/aromatic N) is 3. The van der Waals surface area contributed by atoms with E-state index in [-0.39, 0.29) is 0 Å². The fraction of sp³-hybridized carbons (Fsp3) is 0.500. The lowest BCUT2D eigenvalue weighted by atomic mass is 9.85. The van der Waals surface area contributed by atoms with E-state index < -0.39 is 0 Å². The molecule has 4 rings (SSSR count). The third-order valence-electron chi connectivity index (χ3n) is 4.49. The van der Waals surface area contributed by atoms with Crippen LogP contribution in [0.15, 0.2) is 28.8 Å². The summed E-state index contributed by atoms with van der Waals surface area (Å²) in [6.45, 7) is 2.35. The highest BCUT2D eigenvalue weighted by Gasteiger charge is 2.25. The summed E-state index contributed by atoms with van der Waals surface area (Å²) < 4.78 is 5.38. The van der Waals surface area contributed by atoms with Crippen LogP contribution in [0.1, 0.15) is 43.9 Å². The van der Waals surface area contributed by atoms with E-state index in [9.17, 15) is 0 Å². The zero-order chi connectivity index (χ0) is 13.4. The fourth-order valence-electron chi connectivity index (χ4n) is 2.97. The molecule has 1 aromatic carbocycles. The van der Waals surface area contributed by atoms with E-state index in [1.807, 2.05) is 0 Å². The molecule has 1 aliphatic heterocycles. The molecule has 0 bridgehead atoms. The Morgan fingerprint density at radius 1 is 1.00 bits per heavy atom. The van der Waals surface area contributed by atoms with Gasteiger partial charge in [0.2, 0.25) is 11.7 Å². The van der Waals surface area contributed by atoms with E-state index in [1.165, 1.54) is 50.9 Å². The van der Waals surface area contributed by atoms with Gasteiger partial charge in [-0.3, -0.25) is 0 Å². The average Bonchev–Trinajstić information content (AvgIpc) is 3.08. The van der Waals surface area contributed by atoms with Crippen LogP contribution < -0.4 is 4.90 Å². The Kier molecular flexibility index (Phi) is 2.94. The lowest BCUT2D eigenvalue weighted by Crippen LogP contribution is -2.17. The van der Waals surface area contributed by atoms with E-state index in [4.69, 9.17) is 4.52 Å². The van der Waals surface area contributed by atoms with Gasteiger partial charge in [-0.15, -0.1) is 0 Å². The highest BCUT2D eigenvalue weighted by Crippen LogP contribution is 2.36. The minimum absolute atomic E-state index is 0.500. The zero-order valence-corrected chi connectivity index (χ0v) is 11.6. The van der Waals surface area contributed by atoms with Gasteiger partial charge in [-0.1, -0.05) is 11.6 Å². The lowest BCUT2D eigenvalue weighted by Gasteiger charge is -2.20. The Morgan fingerprint density at radius 2 is 1.75 bits per heavy atom. The van der Waals surface area contributed by atoms with Gasteiger partial charge in [-0.05, 0) is 49.9 Å². The van der Waals surface area contributed by atoms with Crippen LogP contribution in [-0.2, 0) is 0 Å². The first-order chi connectivity index (χ1) is 9.90. The van der Waals surface area contributed by atoms with E-state index in [1.54, 1.807) is 0 Å². The van der Waals surface area contributed by atoms with Gasteiger partial charge >= 0.3 is 0 Å². The Bertz CT molecular complexity index is 580. The Morgan fingerprint density at radius 3 is 2.40 bits per heavy atom. The van der Waals surface area contributed by atoms with Crippen molar-refractivity contribution in [3.05, 3.63) is 30.2 Å². The van der Waals surface area contributed by atoms with Crippen molar-refractivity contribution >= 4 is 5.69 Å². The molecule has 0 radical (unpaired) electrons. The molecule has 20 heavy (non-hydrogen) atoms. The van der Waals surface area contributed by atoms with Gasteiger partial charge in [0.25, 0.3) is 0 Å². The van der Waals surface area contributed by atoms with E-state index in [0.717, 1.165) is 17.3 Å². The number of rotatable bonds is 3. The second-order valence-corrected chi connectivity index (χ2v) is 5.83. The van der Waals surface area contributed by atoms with Crippen molar-refractivity contribution in [2.45, 2.75) is 38.0 Å². The molecule has 0 atom stereocenters. The zero-order valence-electron chi connectivity index (χ0n) is 11.6. The molecule has 4 nitrogen and oxygen atoms in total. The highest BCUT2D eigenvalue weighted by atomic mass is 16.5. The fourth-order valence-corrected chi connectivity index (χ4v) is 2.97. The summed E-state index contributed by atoms with van der Waals surface area (Å²) in [6.07, 6.45) is 6.27. The Labute approximate surface area is 118 Å². The number of aromatic nitrogens is 2. The molecule has 2 aliphatic rings. The molecular formula is C16H19N3O. The molecule has 2 heterocycles. The van der Waals surface area contributed by atoms with Crippen LogP contribution in [0.4, 0.5) is 5.69 Å². The smallest absolute Gasteiger partial charge is 0.230 e. The van der Waals surface area contributed by atoms with Crippen molar-refractivity contribution < 1.29 is 4.52 Å². The van der Waals surface area contributed by atoms with Crippen molar-refractivity contribution in [1.82, 2.24) is 10.1 Å². The molecule has 0 unspecified atom stereocenters. The van der Waals surface area contributed by atoms with E-state index in [0.29, 0.717) is 5.92 Å². The van der Waals surface area contributed by atoms with Crippen LogP contribution in [-0.4, -0.2) is 23.2 Å². The summed E-state index contributed by atoms with van der Waals surface area (Å²) in [5.74, 6) is 2.04. The first-order valence-electron chi connectivity index (χ1n) is 7.59. The first kappa shape index (κ1) is 11.9. The molecule has 1 aromatic heterocycles. The minimum atomic E-state index is 0.500. The maximum absolute atomic E-state index is 5.38. The number of anilines is 1. The highest BCUT2D eigenvalue weighted by molar-refractivity contribution is 5.60. The topological polar surface area (TPSA) is 42.2 Å². The number of hydrogen-bond donors (Lipinski definition) is 0. The molecule has 1 saturated heterocycles. The second-order valence-electron chi connectivity index (χ2n) is 5.83. The average molecular weight is 269 g/mol. The van der Waals surface area contributed by atoms with Crippen molar-refractivity contribution in [3.8, 4) is 11.4 Å². The summed E-state index contributed by atoms with van der Waals surface area (Å²) in [7, 11) is 0. The van der Waals surface area contributed by atoms with Gasteiger partial charge in [0.15, 0.2) is 0 Å². The second kappa shape index (κ2) is 4.93. The molecule has 104 valence electrons. The van der Waals surface area contributed by atoms with Crippen LogP contribution in [0.3, 0.4) is 0 Å². The third-order valence-corrected chi connectivity index (χ3v) is 4.49. The van der Waals surface area contributed by atoms with Crippen molar-refractivity contribution in [2.24, 2.45) is 0 Å². The molecule has 0 N–H and O–H groups in total. The first-order valence-corrected chi connectivity index (χ1v) is 7.59. The largest absolute Gasteiger partial charge is 0.372 e. The standard InChI is InChI=1S/C16H19N3O/c1-2-11-19(10-1)14-8-6-12(7-9-14)15-17-16(20-18-15)13-4-3-5-13/h6-9,13H,1-5,10-11H2. The quantitative estimate of drug-likeness (QED) is 0.853. The van der Waals surface area contributed by atoms with Crippen LogP contribution in [0, 0.1) is 0 Å². The summed E-state index contributed by atoms with van der Waals surface area (Å²) in [5, 5.41) is 4.12. The molecule has 0 amide bonds. The van der Waals surface area contributed by atoms with Gasteiger partial charge in [0.05, 0.1) is 0 Å². The molecule has 4 heteroatoms. The van der Waals surface area contributed by atoms with Gasteiger partial charge < -0.3 is 9.42 Å². The number of hydrogen-bond acceptors (Lipinski definition) is 4. The van der Waals surface area contributed by atoms with Gasteiger partial charge in [-0.25, -0.2) is 0 Å². The van der Waals surface area contributed by atoms with Gasteiger partial charge in [-0.2, -0.15) is 4.98 Å². The SMILES string of the molecule is c1cc(N2CCCC2)ccc1-c1noc(C2CCC2)n1. The maximum atomic E-state index is 5.38. The van der Waals surface area contributed by atoms with Crippen molar-refractivity contribution in [3.63, 3.8) is 0 Å². The number of benzene rings is 1.